The molecule has 0 unspecified atom stereocenters. The highest BCUT2D eigenvalue weighted by Crippen LogP contribution is 2.32. The van der Waals surface area contributed by atoms with E-state index in [2.05, 4.69) is 26.1 Å². The Hall–Kier alpha value is -0.480. The normalized spacial score (nSPS) is 12.0. The number of hydrogen-bond donors (Lipinski definition) is 1. The van der Waals surface area contributed by atoms with Gasteiger partial charge in [-0.05, 0) is 46.8 Å². The molecule has 0 aliphatic carbocycles. The molecular formula is C16H25Cl2NO2. The van der Waals surface area contributed by atoms with Gasteiger partial charge in [0.1, 0.15) is 12.4 Å². The molecule has 0 saturated carbocycles. The fourth-order valence-corrected chi connectivity index (χ4v) is 2.28. The minimum Gasteiger partial charge on any atom is -0.489 e. The second-order valence-corrected chi connectivity index (χ2v) is 7.09. The van der Waals surface area contributed by atoms with Crippen LogP contribution in [0.15, 0.2) is 12.1 Å². The van der Waals surface area contributed by atoms with Crippen LogP contribution in [0.5, 0.6) is 5.75 Å². The van der Waals surface area contributed by atoms with Crippen LogP contribution in [0.3, 0.4) is 0 Å². The molecule has 0 aliphatic heterocycles. The van der Waals surface area contributed by atoms with Gasteiger partial charge in [-0.15, -0.1) is 0 Å². The lowest BCUT2D eigenvalue weighted by molar-refractivity contribution is 0.0550. The van der Waals surface area contributed by atoms with E-state index in [1.54, 1.807) is 6.07 Å². The maximum atomic E-state index is 6.25. The zero-order chi connectivity index (χ0) is 16.0. The molecule has 21 heavy (non-hydrogen) atoms. The second kappa shape index (κ2) is 8.23. The standard InChI is InChI=1S/C16H25Cl2NO2/c1-11(2)20-6-7-21-15-12(10-19-16(3,4)5)8-13(17)9-14(15)18/h8-9,11,19H,6-7,10H2,1-5H3. The monoisotopic (exact) mass is 333 g/mol. The smallest absolute Gasteiger partial charge is 0.142 e. The highest BCUT2D eigenvalue weighted by atomic mass is 35.5. The van der Waals surface area contributed by atoms with E-state index in [4.69, 9.17) is 32.7 Å². The lowest BCUT2D eigenvalue weighted by atomic mass is 10.1. The molecule has 5 heteroatoms. The number of nitrogens with one attached hydrogen (secondary N) is 1. The molecule has 0 bridgehead atoms. The molecule has 0 amide bonds. The number of ether oxygens (including phenoxy) is 2. The van der Waals surface area contributed by atoms with E-state index in [-0.39, 0.29) is 11.6 Å². The third-order valence-corrected chi connectivity index (χ3v) is 3.17. The molecule has 3 nitrogen and oxygen atoms in total. The van der Waals surface area contributed by atoms with E-state index < -0.39 is 0 Å². The highest BCUT2D eigenvalue weighted by molar-refractivity contribution is 6.35. The van der Waals surface area contributed by atoms with Gasteiger partial charge in [0.05, 0.1) is 17.7 Å². The molecule has 120 valence electrons. The van der Waals surface area contributed by atoms with Crippen molar-refractivity contribution >= 4 is 23.2 Å². The Morgan fingerprint density at radius 2 is 1.81 bits per heavy atom. The average Bonchev–Trinajstić information content (AvgIpc) is 2.32. The lowest BCUT2D eigenvalue weighted by Crippen LogP contribution is -2.35. The molecule has 0 spiro atoms. The van der Waals surface area contributed by atoms with Crippen LogP contribution in [-0.4, -0.2) is 24.9 Å². The summed E-state index contributed by atoms with van der Waals surface area (Å²) in [5.41, 5.74) is 0.958. The molecule has 0 saturated heterocycles. The Morgan fingerprint density at radius 3 is 2.38 bits per heavy atom. The first kappa shape index (κ1) is 18.6. The van der Waals surface area contributed by atoms with Crippen LogP contribution < -0.4 is 10.1 Å². The zero-order valence-electron chi connectivity index (χ0n) is 13.4. The maximum absolute atomic E-state index is 6.25. The fraction of sp³-hybridized carbons (Fsp3) is 0.625. The van der Waals surface area contributed by atoms with Crippen molar-refractivity contribution in [2.75, 3.05) is 13.2 Å². The third-order valence-electron chi connectivity index (χ3n) is 2.68. The quantitative estimate of drug-likeness (QED) is 0.734. The summed E-state index contributed by atoms with van der Waals surface area (Å²) in [6.07, 6.45) is 0.191. The zero-order valence-corrected chi connectivity index (χ0v) is 14.9. The van der Waals surface area contributed by atoms with Crippen molar-refractivity contribution in [1.82, 2.24) is 5.32 Å². The van der Waals surface area contributed by atoms with E-state index in [0.717, 1.165) is 5.56 Å². The van der Waals surface area contributed by atoms with E-state index >= 15 is 0 Å². The minimum absolute atomic E-state index is 0.00676. The Labute approximate surface area is 137 Å². The first-order chi connectivity index (χ1) is 9.69. The van der Waals surface area contributed by atoms with Gasteiger partial charge >= 0.3 is 0 Å². The van der Waals surface area contributed by atoms with Gasteiger partial charge in [-0.2, -0.15) is 0 Å². The summed E-state index contributed by atoms with van der Waals surface area (Å²) in [6, 6.07) is 3.58. The SMILES string of the molecule is CC(C)OCCOc1c(Cl)cc(Cl)cc1CNC(C)(C)C. The number of hydrogen-bond acceptors (Lipinski definition) is 3. The number of rotatable bonds is 7. The van der Waals surface area contributed by atoms with E-state index in [1.807, 2.05) is 19.9 Å². The first-order valence-corrected chi connectivity index (χ1v) is 7.92. The fourth-order valence-electron chi connectivity index (χ4n) is 1.69. The van der Waals surface area contributed by atoms with Gasteiger partial charge in [0, 0.05) is 22.7 Å². The van der Waals surface area contributed by atoms with Crippen LogP contribution in [0.25, 0.3) is 0 Å². The predicted molar refractivity (Wildman–Crippen MR) is 89.6 cm³/mol. The Morgan fingerprint density at radius 1 is 1.14 bits per heavy atom. The van der Waals surface area contributed by atoms with Gasteiger partial charge in [0.15, 0.2) is 0 Å². The van der Waals surface area contributed by atoms with Crippen molar-refractivity contribution in [2.45, 2.75) is 52.8 Å². The summed E-state index contributed by atoms with van der Waals surface area (Å²) in [5, 5.41) is 4.55. The number of benzene rings is 1. The molecule has 0 radical (unpaired) electrons. The van der Waals surface area contributed by atoms with Gasteiger partial charge in [-0.3, -0.25) is 0 Å². The van der Waals surface area contributed by atoms with Crippen LogP contribution in [0.2, 0.25) is 10.0 Å². The van der Waals surface area contributed by atoms with Gasteiger partial charge in [-0.25, -0.2) is 0 Å². The van der Waals surface area contributed by atoms with Gasteiger partial charge < -0.3 is 14.8 Å². The third kappa shape index (κ3) is 7.37. The molecule has 0 aromatic heterocycles. The van der Waals surface area contributed by atoms with Crippen LogP contribution in [0, 0.1) is 0 Å². The molecular weight excluding hydrogens is 309 g/mol. The molecule has 1 aromatic carbocycles. The van der Waals surface area contributed by atoms with Crippen LogP contribution in [0.1, 0.15) is 40.2 Å². The van der Waals surface area contributed by atoms with Crippen molar-refractivity contribution in [2.24, 2.45) is 0 Å². The van der Waals surface area contributed by atoms with Crippen molar-refractivity contribution in [3.05, 3.63) is 27.7 Å². The van der Waals surface area contributed by atoms with E-state index in [1.165, 1.54) is 0 Å². The molecule has 0 fully saturated rings. The summed E-state index contributed by atoms with van der Waals surface area (Å²) < 4.78 is 11.3. The van der Waals surface area contributed by atoms with Crippen molar-refractivity contribution in [1.29, 1.82) is 0 Å². The topological polar surface area (TPSA) is 30.5 Å². The van der Waals surface area contributed by atoms with Crippen LogP contribution in [0.4, 0.5) is 0 Å². The molecule has 0 heterocycles. The Kier molecular flexibility index (Phi) is 7.28. The van der Waals surface area contributed by atoms with Crippen LogP contribution in [-0.2, 0) is 11.3 Å². The second-order valence-electron chi connectivity index (χ2n) is 6.25. The van der Waals surface area contributed by atoms with E-state index in [0.29, 0.717) is 35.6 Å². The first-order valence-electron chi connectivity index (χ1n) is 7.16. The van der Waals surface area contributed by atoms with E-state index in [9.17, 15) is 0 Å². The summed E-state index contributed by atoms with van der Waals surface area (Å²) in [4.78, 5) is 0. The minimum atomic E-state index is 0.00676. The molecule has 0 atom stereocenters. The van der Waals surface area contributed by atoms with Gasteiger partial charge in [0.2, 0.25) is 0 Å². The highest BCUT2D eigenvalue weighted by Gasteiger charge is 2.14. The summed E-state index contributed by atoms with van der Waals surface area (Å²) in [7, 11) is 0. The molecule has 1 rings (SSSR count). The summed E-state index contributed by atoms with van der Waals surface area (Å²) in [6.45, 7) is 11.9. The maximum Gasteiger partial charge on any atom is 0.142 e. The molecule has 1 N–H and O–H groups in total. The predicted octanol–water partition coefficient (Wildman–Crippen LogP) is 4.69. The van der Waals surface area contributed by atoms with Gasteiger partial charge in [-0.1, -0.05) is 23.2 Å². The van der Waals surface area contributed by atoms with Crippen molar-refractivity contribution < 1.29 is 9.47 Å². The largest absolute Gasteiger partial charge is 0.489 e. The van der Waals surface area contributed by atoms with Crippen LogP contribution >= 0.6 is 23.2 Å². The summed E-state index contributed by atoms with van der Waals surface area (Å²) in [5.74, 6) is 0.671. The van der Waals surface area contributed by atoms with Crippen molar-refractivity contribution in [3.8, 4) is 5.75 Å². The Balaban J connectivity index is 2.75. The van der Waals surface area contributed by atoms with Crippen molar-refractivity contribution in [3.63, 3.8) is 0 Å². The average molecular weight is 334 g/mol. The Bertz CT molecular complexity index is 456. The van der Waals surface area contributed by atoms with Gasteiger partial charge in [0.25, 0.3) is 0 Å². The molecule has 1 aromatic rings. The summed E-state index contributed by atoms with van der Waals surface area (Å²) >= 11 is 12.3. The lowest BCUT2D eigenvalue weighted by Gasteiger charge is -2.22. The molecule has 0 aliphatic rings. The number of halogens is 2.